The third-order valence-corrected chi connectivity index (χ3v) is 3.51. The Morgan fingerprint density at radius 3 is 2.37 bits per heavy atom. The van der Waals surface area contributed by atoms with Crippen LogP contribution in [0.15, 0.2) is 24.3 Å². The second-order valence-corrected chi connectivity index (χ2v) is 5.31. The summed E-state index contributed by atoms with van der Waals surface area (Å²) in [5.41, 5.74) is 0.562. The molecule has 2 rings (SSSR count). The van der Waals surface area contributed by atoms with Gasteiger partial charge in [0.2, 0.25) is 5.91 Å². The molecule has 0 bridgehead atoms. The van der Waals surface area contributed by atoms with Gasteiger partial charge in [0.05, 0.1) is 0 Å². The topological polar surface area (TPSA) is 58.2 Å². The van der Waals surface area contributed by atoms with Gasteiger partial charge in [-0.05, 0) is 36.6 Å². The number of rotatable bonds is 5. The fourth-order valence-electron chi connectivity index (χ4n) is 1.88. The van der Waals surface area contributed by atoms with E-state index in [0.717, 1.165) is 6.42 Å². The molecule has 0 radical (unpaired) electrons. The Hall–Kier alpha value is -1.55. The van der Waals surface area contributed by atoms with Crippen molar-refractivity contribution in [2.75, 3.05) is 13.1 Å². The maximum atomic E-state index is 11.7. The van der Waals surface area contributed by atoms with E-state index < -0.39 is 0 Å². The summed E-state index contributed by atoms with van der Waals surface area (Å²) in [4.78, 5) is 23.3. The summed E-state index contributed by atoms with van der Waals surface area (Å²) in [6.07, 6.45) is 0.975. The average Bonchev–Trinajstić information content (AvgIpc) is 3.12. The van der Waals surface area contributed by atoms with Crippen molar-refractivity contribution in [2.24, 2.45) is 11.8 Å². The van der Waals surface area contributed by atoms with Crippen molar-refractivity contribution in [1.29, 1.82) is 0 Å². The van der Waals surface area contributed by atoms with Gasteiger partial charge in [-0.25, -0.2) is 0 Å². The molecule has 1 aromatic carbocycles. The van der Waals surface area contributed by atoms with Crippen LogP contribution in [-0.2, 0) is 4.79 Å². The van der Waals surface area contributed by atoms with Crippen LogP contribution in [0.4, 0.5) is 0 Å². The molecule has 19 heavy (non-hydrogen) atoms. The van der Waals surface area contributed by atoms with E-state index in [2.05, 4.69) is 17.6 Å². The second-order valence-electron chi connectivity index (χ2n) is 4.87. The van der Waals surface area contributed by atoms with Gasteiger partial charge in [0.1, 0.15) is 0 Å². The number of nitrogens with one attached hydrogen (secondary N) is 2. The van der Waals surface area contributed by atoms with Crippen LogP contribution in [0.25, 0.3) is 0 Å². The van der Waals surface area contributed by atoms with E-state index in [4.69, 9.17) is 11.6 Å². The standard InChI is InChI=1S/C14H17ClN2O2/c1-9-8-12(9)14(19)17-7-6-16-13(18)10-2-4-11(15)5-3-10/h2-5,9,12H,6-8H2,1H3,(H,16,18)(H,17,19). The molecule has 4 nitrogen and oxygen atoms in total. The summed E-state index contributed by atoms with van der Waals surface area (Å²) < 4.78 is 0. The zero-order valence-electron chi connectivity index (χ0n) is 10.8. The normalized spacial score (nSPS) is 20.7. The van der Waals surface area contributed by atoms with Gasteiger partial charge in [0, 0.05) is 29.6 Å². The molecule has 0 aromatic heterocycles. The van der Waals surface area contributed by atoms with Crippen LogP contribution >= 0.6 is 11.6 Å². The number of carbonyl (C=O) groups is 2. The summed E-state index contributed by atoms with van der Waals surface area (Å²) >= 11 is 5.75. The third-order valence-electron chi connectivity index (χ3n) is 3.26. The zero-order chi connectivity index (χ0) is 13.8. The fourth-order valence-corrected chi connectivity index (χ4v) is 2.01. The Morgan fingerprint density at radius 1 is 1.21 bits per heavy atom. The highest BCUT2D eigenvalue weighted by molar-refractivity contribution is 6.30. The number of halogens is 1. The van der Waals surface area contributed by atoms with Gasteiger partial charge < -0.3 is 10.6 Å². The first-order chi connectivity index (χ1) is 9.08. The van der Waals surface area contributed by atoms with Crippen molar-refractivity contribution in [2.45, 2.75) is 13.3 Å². The van der Waals surface area contributed by atoms with Gasteiger partial charge in [-0.2, -0.15) is 0 Å². The van der Waals surface area contributed by atoms with Crippen LogP contribution in [0.2, 0.25) is 5.02 Å². The SMILES string of the molecule is CC1CC1C(=O)NCCNC(=O)c1ccc(Cl)cc1. The molecule has 0 heterocycles. The summed E-state index contributed by atoms with van der Waals surface area (Å²) in [6.45, 7) is 2.95. The van der Waals surface area contributed by atoms with Crippen molar-refractivity contribution in [3.05, 3.63) is 34.9 Å². The van der Waals surface area contributed by atoms with Crippen molar-refractivity contribution in [1.82, 2.24) is 10.6 Å². The van der Waals surface area contributed by atoms with E-state index in [0.29, 0.717) is 29.6 Å². The summed E-state index contributed by atoms with van der Waals surface area (Å²) in [5.74, 6) is 0.606. The first-order valence-electron chi connectivity index (χ1n) is 6.39. The van der Waals surface area contributed by atoms with Gasteiger partial charge >= 0.3 is 0 Å². The zero-order valence-corrected chi connectivity index (χ0v) is 11.5. The maximum absolute atomic E-state index is 11.7. The van der Waals surface area contributed by atoms with Crippen LogP contribution < -0.4 is 10.6 Å². The molecule has 1 fully saturated rings. The molecule has 0 spiro atoms. The molecule has 2 unspecified atom stereocenters. The number of carbonyl (C=O) groups excluding carboxylic acids is 2. The Morgan fingerprint density at radius 2 is 1.79 bits per heavy atom. The molecular formula is C14H17ClN2O2. The molecule has 102 valence electrons. The van der Waals surface area contributed by atoms with Crippen LogP contribution in [0.1, 0.15) is 23.7 Å². The van der Waals surface area contributed by atoms with Crippen molar-refractivity contribution >= 4 is 23.4 Å². The molecule has 1 aromatic rings. The molecule has 1 aliphatic rings. The van der Waals surface area contributed by atoms with Gasteiger partial charge in [0.25, 0.3) is 5.91 Å². The first-order valence-corrected chi connectivity index (χ1v) is 6.77. The Balaban J connectivity index is 1.66. The van der Waals surface area contributed by atoms with E-state index in [1.54, 1.807) is 24.3 Å². The summed E-state index contributed by atoms with van der Waals surface area (Å²) in [6, 6.07) is 6.68. The lowest BCUT2D eigenvalue weighted by Gasteiger charge is -2.07. The van der Waals surface area contributed by atoms with Gasteiger partial charge in [0.15, 0.2) is 0 Å². The van der Waals surface area contributed by atoms with Gasteiger partial charge in [-0.3, -0.25) is 9.59 Å². The minimum Gasteiger partial charge on any atom is -0.354 e. The monoisotopic (exact) mass is 280 g/mol. The Labute approximate surface area is 117 Å². The number of hydrogen-bond donors (Lipinski definition) is 2. The van der Waals surface area contributed by atoms with Crippen molar-refractivity contribution < 1.29 is 9.59 Å². The lowest BCUT2D eigenvalue weighted by molar-refractivity contribution is -0.122. The van der Waals surface area contributed by atoms with E-state index in [9.17, 15) is 9.59 Å². The quantitative estimate of drug-likeness (QED) is 0.809. The highest BCUT2D eigenvalue weighted by Crippen LogP contribution is 2.37. The maximum Gasteiger partial charge on any atom is 0.251 e. The molecule has 0 aliphatic heterocycles. The average molecular weight is 281 g/mol. The van der Waals surface area contributed by atoms with Gasteiger partial charge in [-0.1, -0.05) is 18.5 Å². The molecular weight excluding hydrogens is 264 g/mol. The predicted octanol–water partition coefficient (Wildman–Crippen LogP) is 1.84. The molecule has 1 saturated carbocycles. The van der Waals surface area contributed by atoms with E-state index >= 15 is 0 Å². The van der Waals surface area contributed by atoms with Crippen molar-refractivity contribution in [3.8, 4) is 0 Å². The Kier molecular flexibility index (Phi) is 4.43. The van der Waals surface area contributed by atoms with E-state index in [1.165, 1.54) is 0 Å². The molecule has 1 aliphatic carbocycles. The lowest BCUT2D eigenvalue weighted by Crippen LogP contribution is -2.35. The number of hydrogen-bond acceptors (Lipinski definition) is 2. The van der Waals surface area contributed by atoms with Crippen LogP contribution in [0, 0.1) is 11.8 Å². The number of benzene rings is 1. The van der Waals surface area contributed by atoms with Crippen molar-refractivity contribution in [3.63, 3.8) is 0 Å². The van der Waals surface area contributed by atoms with Crippen LogP contribution in [-0.4, -0.2) is 24.9 Å². The smallest absolute Gasteiger partial charge is 0.251 e. The summed E-state index contributed by atoms with van der Waals surface area (Å²) in [7, 11) is 0. The highest BCUT2D eigenvalue weighted by Gasteiger charge is 2.38. The van der Waals surface area contributed by atoms with E-state index in [-0.39, 0.29) is 17.7 Å². The minimum atomic E-state index is -0.161. The molecule has 2 amide bonds. The predicted molar refractivity (Wildman–Crippen MR) is 74.1 cm³/mol. The van der Waals surface area contributed by atoms with E-state index in [1.807, 2.05) is 0 Å². The molecule has 5 heteroatoms. The third kappa shape index (κ3) is 3.96. The lowest BCUT2D eigenvalue weighted by atomic mass is 10.2. The van der Waals surface area contributed by atoms with Gasteiger partial charge in [-0.15, -0.1) is 0 Å². The number of amides is 2. The second kappa shape index (κ2) is 6.06. The highest BCUT2D eigenvalue weighted by atomic mass is 35.5. The molecule has 2 atom stereocenters. The minimum absolute atomic E-state index is 0.0910. The Bertz CT molecular complexity index is 473. The first kappa shape index (κ1) is 13.9. The largest absolute Gasteiger partial charge is 0.354 e. The fraction of sp³-hybridized carbons (Fsp3) is 0.429. The molecule has 2 N–H and O–H groups in total. The summed E-state index contributed by atoms with van der Waals surface area (Å²) in [5, 5.41) is 6.16. The van der Waals surface area contributed by atoms with Crippen LogP contribution in [0.5, 0.6) is 0 Å². The molecule has 0 saturated heterocycles. The van der Waals surface area contributed by atoms with Crippen LogP contribution in [0.3, 0.4) is 0 Å².